The van der Waals surface area contributed by atoms with E-state index < -0.39 is 18.2 Å². The number of carbonyl (C=O) groups excluding carboxylic acids is 2. The zero-order valence-corrected chi connectivity index (χ0v) is 19.4. The van der Waals surface area contributed by atoms with Crippen LogP contribution in [0.15, 0.2) is 78.9 Å². The summed E-state index contributed by atoms with van der Waals surface area (Å²) in [6.45, 7) is 3.63. The Bertz CT molecular complexity index is 1100. The number of rotatable bonds is 8. The lowest BCUT2D eigenvalue weighted by Crippen LogP contribution is -2.51. The summed E-state index contributed by atoms with van der Waals surface area (Å²) in [5.41, 5.74) is 5.36. The van der Waals surface area contributed by atoms with Gasteiger partial charge in [-0.05, 0) is 33.7 Å². The van der Waals surface area contributed by atoms with Gasteiger partial charge in [-0.3, -0.25) is 4.79 Å². The fraction of sp³-hybridized carbons (Fsp3) is 0.286. The molecule has 2 amide bonds. The first-order chi connectivity index (χ1) is 16.5. The molecular weight excluding hydrogens is 428 g/mol. The van der Waals surface area contributed by atoms with Crippen molar-refractivity contribution in [3.05, 3.63) is 95.6 Å². The third kappa shape index (κ3) is 4.97. The molecule has 6 heteroatoms. The fourth-order valence-corrected chi connectivity index (χ4v) is 4.48. The second kappa shape index (κ2) is 10.5. The van der Waals surface area contributed by atoms with Crippen molar-refractivity contribution < 1.29 is 19.4 Å². The van der Waals surface area contributed by atoms with Crippen LogP contribution in [0.2, 0.25) is 0 Å². The molecule has 3 aromatic carbocycles. The maximum absolute atomic E-state index is 13.0. The van der Waals surface area contributed by atoms with Gasteiger partial charge in [0.15, 0.2) is 0 Å². The smallest absolute Gasteiger partial charge is 0.407 e. The van der Waals surface area contributed by atoms with Crippen molar-refractivity contribution in [2.75, 3.05) is 13.2 Å². The predicted molar refractivity (Wildman–Crippen MR) is 131 cm³/mol. The van der Waals surface area contributed by atoms with Crippen molar-refractivity contribution in [2.24, 2.45) is 5.92 Å². The van der Waals surface area contributed by atoms with Crippen LogP contribution in [0, 0.1) is 5.92 Å². The summed E-state index contributed by atoms with van der Waals surface area (Å²) in [7, 11) is 0. The lowest BCUT2D eigenvalue weighted by atomic mass is 9.98. The van der Waals surface area contributed by atoms with Gasteiger partial charge in [0.2, 0.25) is 5.91 Å². The zero-order chi connectivity index (χ0) is 24.1. The van der Waals surface area contributed by atoms with Crippen molar-refractivity contribution in [3.63, 3.8) is 0 Å². The SMILES string of the molecule is CC(C)[C@H](NC(=O)OCC1c2ccccc2-c2ccccc21)C(=O)N[C@H](CO)c1ccccc1. The van der Waals surface area contributed by atoms with E-state index in [1.54, 1.807) is 0 Å². The van der Waals surface area contributed by atoms with Gasteiger partial charge in [0.05, 0.1) is 12.6 Å². The van der Waals surface area contributed by atoms with E-state index in [0.717, 1.165) is 27.8 Å². The summed E-state index contributed by atoms with van der Waals surface area (Å²) in [5.74, 6) is -0.594. The molecule has 34 heavy (non-hydrogen) atoms. The summed E-state index contributed by atoms with van der Waals surface area (Å²) < 4.78 is 5.61. The first kappa shape index (κ1) is 23.5. The number of nitrogens with one attached hydrogen (secondary N) is 2. The van der Waals surface area contributed by atoms with Crippen LogP contribution in [-0.4, -0.2) is 36.4 Å². The highest BCUT2D eigenvalue weighted by Crippen LogP contribution is 2.44. The quantitative estimate of drug-likeness (QED) is 0.467. The molecule has 0 aromatic heterocycles. The molecule has 0 unspecified atom stereocenters. The van der Waals surface area contributed by atoms with E-state index >= 15 is 0 Å². The van der Waals surface area contributed by atoms with Gasteiger partial charge in [-0.2, -0.15) is 0 Å². The van der Waals surface area contributed by atoms with E-state index in [-0.39, 0.29) is 31.0 Å². The van der Waals surface area contributed by atoms with Gasteiger partial charge in [0, 0.05) is 5.92 Å². The van der Waals surface area contributed by atoms with E-state index in [0.29, 0.717) is 0 Å². The number of hydrogen-bond acceptors (Lipinski definition) is 4. The molecule has 0 aliphatic heterocycles. The van der Waals surface area contributed by atoms with Gasteiger partial charge in [-0.1, -0.05) is 92.7 Å². The molecule has 4 rings (SSSR count). The Morgan fingerprint density at radius 1 is 0.853 bits per heavy atom. The molecule has 0 saturated carbocycles. The normalized spacial score (nSPS) is 14.1. The van der Waals surface area contributed by atoms with Crippen molar-refractivity contribution in [1.29, 1.82) is 0 Å². The van der Waals surface area contributed by atoms with E-state index in [2.05, 4.69) is 34.9 Å². The summed E-state index contributed by atoms with van der Waals surface area (Å²) in [6, 6.07) is 24.2. The van der Waals surface area contributed by atoms with Crippen LogP contribution in [0.1, 0.15) is 42.5 Å². The number of carbonyl (C=O) groups is 2. The lowest BCUT2D eigenvalue weighted by molar-refractivity contribution is -0.125. The summed E-state index contributed by atoms with van der Waals surface area (Å²) >= 11 is 0. The molecule has 0 heterocycles. The average Bonchev–Trinajstić information content (AvgIpc) is 3.18. The molecule has 176 valence electrons. The largest absolute Gasteiger partial charge is 0.449 e. The maximum Gasteiger partial charge on any atom is 0.407 e. The highest BCUT2D eigenvalue weighted by Gasteiger charge is 2.31. The fourth-order valence-electron chi connectivity index (χ4n) is 4.48. The highest BCUT2D eigenvalue weighted by molar-refractivity contribution is 5.86. The molecule has 0 bridgehead atoms. The number of fused-ring (bicyclic) bond motifs is 3. The van der Waals surface area contributed by atoms with Gasteiger partial charge < -0.3 is 20.5 Å². The number of benzene rings is 3. The standard InChI is InChI=1S/C28H30N2O4/c1-18(2)26(27(32)29-25(16-31)19-10-4-3-5-11-19)30-28(33)34-17-24-22-14-8-6-12-20(22)21-13-7-9-15-23(21)24/h3-15,18,24-26,31H,16-17H2,1-2H3,(H,29,32)(H,30,33)/t25-,26+/m1/s1. The molecular formula is C28H30N2O4. The Labute approximate surface area is 200 Å². The first-order valence-corrected chi connectivity index (χ1v) is 11.6. The Morgan fingerprint density at radius 2 is 1.41 bits per heavy atom. The molecule has 0 radical (unpaired) electrons. The van der Waals surface area contributed by atoms with E-state index in [1.165, 1.54) is 0 Å². The summed E-state index contributed by atoms with van der Waals surface area (Å²) in [6.07, 6.45) is -0.643. The van der Waals surface area contributed by atoms with Crippen molar-refractivity contribution in [1.82, 2.24) is 10.6 Å². The summed E-state index contributed by atoms with van der Waals surface area (Å²) in [5, 5.41) is 15.3. The van der Waals surface area contributed by atoms with E-state index in [9.17, 15) is 14.7 Å². The van der Waals surface area contributed by atoms with Crippen molar-refractivity contribution >= 4 is 12.0 Å². The van der Waals surface area contributed by atoms with Crippen LogP contribution in [0.4, 0.5) is 4.79 Å². The minimum Gasteiger partial charge on any atom is -0.449 e. The third-order valence-electron chi connectivity index (χ3n) is 6.27. The van der Waals surface area contributed by atoms with Crippen LogP contribution < -0.4 is 10.6 Å². The topological polar surface area (TPSA) is 87.7 Å². The second-order valence-electron chi connectivity index (χ2n) is 8.85. The third-order valence-corrected chi connectivity index (χ3v) is 6.27. The minimum atomic E-state index is -0.798. The Morgan fingerprint density at radius 3 is 1.97 bits per heavy atom. The first-order valence-electron chi connectivity index (χ1n) is 11.6. The summed E-state index contributed by atoms with van der Waals surface area (Å²) in [4.78, 5) is 25.7. The zero-order valence-electron chi connectivity index (χ0n) is 19.4. The Hall–Kier alpha value is -3.64. The lowest BCUT2D eigenvalue weighted by Gasteiger charge is -2.25. The van der Waals surface area contributed by atoms with Crippen LogP contribution >= 0.6 is 0 Å². The molecule has 0 spiro atoms. The molecule has 0 fully saturated rings. The van der Waals surface area contributed by atoms with Gasteiger partial charge in [-0.15, -0.1) is 0 Å². The van der Waals surface area contributed by atoms with Gasteiger partial charge in [0.1, 0.15) is 12.6 Å². The number of ether oxygens (including phenoxy) is 1. The average molecular weight is 459 g/mol. The molecule has 3 N–H and O–H groups in total. The molecule has 6 nitrogen and oxygen atoms in total. The molecule has 1 aliphatic rings. The van der Waals surface area contributed by atoms with Gasteiger partial charge >= 0.3 is 6.09 Å². The number of alkyl carbamates (subject to hydrolysis) is 1. The van der Waals surface area contributed by atoms with Crippen LogP contribution in [0.25, 0.3) is 11.1 Å². The number of hydrogen-bond donors (Lipinski definition) is 3. The van der Waals surface area contributed by atoms with Gasteiger partial charge in [-0.25, -0.2) is 4.79 Å². The van der Waals surface area contributed by atoms with Crippen molar-refractivity contribution in [3.8, 4) is 11.1 Å². The molecule has 1 aliphatic carbocycles. The Balaban J connectivity index is 1.40. The number of aliphatic hydroxyl groups is 1. The van der Waals surface area contributed by atoms with Crippen LogP contribution in [-0.2, 0) is 9.53 Å². The van der Waals surface area contributed by atoms with Crippen LogP contribution in [0.3, 0.4) is 0 Å². The van der Waals surface area contributed by atoms with E-state index in [4.69, 9.17) is 4.74 Å². The van der Waals surface area contributed by atoms with Crippen molar-refractivity contribution in [2.45, 2.75) is 31.8 Å². The predicted octanol–water partition coefficient (Wildman–Crippen LogP) is 4.40. The van der Waals surface area contributed by atoms with E-state index in [1.807, 2.05) is 68.4 Å². The highest BCUT2D eigenvalue weighted by atomic mass is 16.5. The molecule has 3 aromatic rings. The molecule has 0 saturated heterocycles. The van der Waals surface area contributed by atoms with Crippen LogP contribution in [0.5, 0.6) is 0 Å². The molecule has 2 atom stereocenters. The Kier molecular flexibility index (Phi) is 7.28. The monoisotopic (exact) mass is 458 g/mol. The maximum atomic E-state index is 13.0. The number of aliphatic hydroxyl groups excluding tert-OH is 1. The minimum absolute atomic E-state index is 0.0543. The number of amides is 2. The second-order valence-corrected chi connectivity index (χ2v) is 8.85. The van der Waals surface area contributed by atoms with Gasteiger partial charge in [0.25, 0.3) is 0 Å².